The molecular weight excluding hydrogens is 511 g/mol. The van der Waals surface area contributed by atoms with Gasteiger partial charge in [0.05, 0.1) is 14.2 Å². The predicted molar refractivity (Wildman–Crippen MR) is 130 cm³/mol. The predicted octanol–water partition coefficient (Wildman–Crippen LogP) is 3.89. The molecule has 0 unspecified atom stereocenters. The van der Waals surface area contributed by atoms with E-state index >= 15 is 0 Å². The monoisotopic (exact) mass is 530 g/mol. The molecule has 2 aromatic rings. The first-order valence-corrected chi connectivity index (χ1v) is 11.5. The van der Waals surface area contributed by atoms with Gasteiger partial charge in [-0.2, -0.15) is 0 Å². The number of ketones is 2. The fourth-order valence-electron chi connectivity index (χ4n) is 4.10. The van der Waals surface area contributed by atoms with Crippen LogP contribution >= 0.6 is 23.2 Å². The zero-order valence-corrected chi connectivity index (χ0v) is 20.6. The molecule has 10 heteroatoms. The van der Waals surface area contributed by atoms with E-state index in [0.29, 0.717) is 21.2 Å². The molecule has 0 N–H and O–H groups in total. The summed E-state index contributed by atoms with van der Waals surface area (Å²) in [6.45, 7) is 0. The van der Waals surface area contributed by atoms with Crippen molar-refractivity contribution in [1.82, 2.24) is 0 Å². The van der Waals surface area contributed by atoms with Crippen LogP contribution in [0.2, 0.25) is 10.0 Å². The minimum atomic E-state index is -1.54. The Morgan fingerprint density at radius 1 is 0.694 bits per heavy atom. The highest BCUT2D eigenvalue weighted by atomic mass is 35.5. The summed E-state index contributed by atoms with van der Waals surface area (Å²) in [5, 5.41) is 0.971. The summed E-state index contributed by atoms with van der Waals surface area (Å²) in [7, 11) is 2.21. The van der Waals surface area contributed by atoms with E-state index in [4.69, 9.17) is 42.1 Å². The first kappa shape index (κ1) is 25.5. The Hall–Kier alpha value is -3.62. The number of benzene rings is 2. The zero-order valence-electron chi connectivity index (χ0n) is 19.1. The number of rotatable bonds is 7. The molecule has 186 valence electrons. The number of ether oxygens (including phenoxy) is 4. The highest BCUT2D eigenvalue weighted by Gasteiger charge is 2.54. The van der Waals surface area contributed by atoms with Crippen molar-refractivity contribution in [3.05, 3.63) is 81.9 Å². The maximum absolute atomic E-state index is 13.0. The van der Waals surface area contributed by atoms with Gasteiger partial charge in [-0.1, -0.05) is 23.2 Å². The van der Waals surface area contributed by atoms with E-state index in [1.165, 1.54) is 12.2 Å². The van der Waals surface area contributed by atoms with Crippen LogP contribution in [-0.2, 0) is 38.1 Å². The maximum atomic E-state index is 13.0. The van der Waals surface area contributed by atoms with Crippen LogP contribution in [0, 0.1) is 11.8 Å². The Morgan fingerprint density at radius 3 is 1.33 bits per heavy atom. The maximum Gasteiger partial charge on any atom is 0.313 e. The molecule has 0 saturated carbocycles. The lowest BCUT2D eigenvalue weighted by Gasteiger charge is -2.30. The highest BCUT2D eigenvalue weighted by Crippen LogP contribution is 2.38. The summed E-state index contributed by atoms with van der Waals surface area (Å²) < 4.78 is 21.5. The minimum absolute atomic E-state index is 0.179. The average Bonchev–Trinajstić information content (AvgIpc) is 3.44. The molecule has 2 aliphatic rings. The lowest BCUT2D eigenvalue weighted by atomic mass is 9.81. The Morgan fingerprint density at radius 2 is 1.03 bits per heavy atom. The van der Waals surface area contributed by atoms with Gasteiger partial charge >= 0.3 is 11.9 Å². The molecule has 0 spiro atoms. The van der Waals surface area contributed by atoms with Crippen LogP contribution in [0.25, 0.3) is 11.5 Å². The number of esters is 2. The van der Waals surface area contributed by atoms with E-state index in [0.717, 1.165) is 14.2 Å². The van der Waals surface area contributed by atoms with E-state index in [-0.39, 0.29) is 11.5 Å². The molecule has 0 saturated heterocycles. The van der Waals surface area contributed by atoms with E-state index in [1.54, 1.807) is 48.5 Å². The molecule has 4 atom stereocenters. The Balaban J connectivity index is 1.66. The molecule has 0 aromatic heterocycles. The fourth-order valence-corrected chi connectivity index (χ4v) is 4.35. The number of hydrogen-bond acceptors (Lipinski definition) is 8. The molecule has 0 aliphatic carbocycles. The SMILES string of the molecule is COC(=O)[C@@H]([C@H](C(=O)OC)[C@@H]1OC(c2ccc(Cl)cc2)=CC1=O)[C@@H]1OC(c2ccc(Cl)cc2)=CC1=O. The van der Waals surface area contributed by atoms with E-state index in [1.807, 2.05) is 0 Å². The second kappa shape index (κ2) is 10.6. The average molecular weight is 531 g/mol. The van der Waals surface area contributed by atoms with Gasteiger partial charge in [0, 0.05) is 33.3 Å². The fraction of sp³-hybridized carbons (Fsp3) is 0.231. The minimum Gasteiger partial charge on any atom is -0.481 e. The third kappa shape index (κ3) is 5.01. The zero-order chi connectivity index (χ0) is 26.0. The van der Waals surface area contributed by atoms with Crippen LogP contribution < -0.4 is 0 Å². The van der Waals surface area contributed by atoms with Crippen LogP contribution in [0.4, 0.5) is 0 Å². The van der Waals surface area contributed by atoms with Crippen LogP contribution in [-0.4, -0.2) is 49.9 Å². The standard InChI is InChI=1S/C26H20Cl2O8/c1-33-25(31)21(23-17(29)11-19(35-23)13-3-7-15(27)8-4-13)22(26(32)34-2)24-18(30)12-20(36-24)14-5-9-16(28)10-6-14/h3-12,21-24H,1-2H3/t21-,22-,23+,24+/m0/s1. The van der Waals surface area contributed by atoms with Crippen LogP contribution in [0.15, 0.2) is 60.7 Å². The van der Waals surface area contributed by atoms with Gasteiger partial charge in [-0.25, -0.2) is 0 Å². The summed E-state index contributed by atoms with van der Waals surface area (Å²) in [5.41, 5.74) is 1.07. The summed E-state index contributed by atoms with van der Waals surface area (Å²) in [4.78, 5) is 51.8. The third-order valence-corrected chi connectivity index (χ3v) is 6.36. The molecule has 0 radical (unpaired) electrons. The molecule has 0 amide bonds. The summed E-state index contributed by atoms with van der Waals surface area (Å²) in [5.74, 6) is -5.76. The van der Waals surface area contributed by atoms with Crippen LogP contribution in [0.1, 0.15) is 11.1 Å². The Bertz CT molecular complexity index is 1160. The van der Waals surface area contributed by atoms with Gasteiger partial charge < -0.3 is 18.9 Å². The molecular formula is C26H20Cl2O8. The lowest BCUT2D eigenvalue weighted by molar-refractivity contribution is -0.169. The van der Waals surface area contributed by atoms with Crippen LogP contribution in [0.5, 0.6) is 0 Å². The number of carbonyl (C=O) groups is 4. The van der Waals surface area contributed by atoms with Crippen molar-refractivity contribution in [2.45, 2.75) is 12.2 Å². The van der Waals surface area contributed by atoms with Gasteiger partial charge in [0.25, 0.3) is 0 Å². The topological polar surface area (TPSA) is 105 Å². The molecule has 0 bridgehead atoms. The highest BCUT2D eigenvalue weighted by molar-refractivity contribution is 6.30. The molecule has 8 nitrogen and oxygen atoms in total. The third-order valence-electron chi connectivity index (χ3n) is 5.86. The van der Waals surface area contributed by atoms with Crippen molar-refractivity contribution in [3.8, 4) is 0 Å². The first-order valence-electron chi connectivity index (χ1n) is 10.8. The first-order chi connectivity index (χ1) is 17.2. The number of carbonyl (C=O) groups excluding carboxylic acids is 4. The Labute approximate surface area is 216 Å². The second-order valence-electron chi connectivity index (χ2n) is 8.01. The Kier molecular flexibility index (Phi) is 7.47. The van der Waals surface area contributed by atoms with Gasteiger partial charge in [-0.05, 0) is 48.5 Å². The smallest absolute Gasteiger partial charge is 0.313 e. The van der Waals surface area contributed by atoms with Gasteiger partial charge in [0.1, 0.15) is 23.4 Å². The lowest BCUT2D eigenvalue weighted by Crippen LogP contribution is -2.49. The molecule has 0 fully saturated rings. The summed E-state index contributed by atoms with van der Waals surface area (Å²) >= 11 is 11.9. The molecule has 4 rings (SSSR count). The molecule has 2 aromatic carbocycles. The van der Waals surface area contributed by atoms with E-state index in [2.05, 4.69) is 0 Å². The molecule has 2 heterocycles. The second-order valence-corrected chi connectivity index (χ2v) is 8.88. The van der Waals surface area contributed by atoms with Gasteiger partial charge in [-0.3, -0.25) is 19.2 Å². The summed E-state index contributed by atoms with van der Waals surface area (Å²) in [6.07, 6.45) is -0.480. The van der Waals surface area contributed by atoms with Gasteiger partial charge in [0.2, 0.25) is 11.6 Å². The van der Waals surface area contributed by atoms with Crippen molar-refractivity contribution in [1.29, 1.82) is 0 Å². The van der Waals surface area contributed by atoms with Gasteiger partial charge in [0.15, 0.2) is 12.2 Å². The molecule has 2 aliphatic heterocycles. The number of hydrogen-bond donors (Lipinski definition) is 0. The van der Waals surface area contributed by atoms with Crippen molar-refractivity contribution >= 4 is 58.2 Å². The normalized spacial score (nSPS) is 20.6. The van der Waals surface area contributed by atoms with Crippen molar-refractivity contribution < 1.29 is 38.1 Å². The van der Waals surface area contributed by atoms with Crippen molar-refractivity contribution in [2.75, 3.05) is 14.2 Å². The van der Waals surface area contributed by atoms with Gasteiger partial charge in [-0.15, -0.1) is 0 Å². The van der Waals surface area contributed by atoms with Crippen molar-refractivity contribution in [3.63, 3.8) is 0 Å². The van der Waals surface area contributed by atoms with Crippen LogP contribution in [0.3, 0.4) is 0 Å². The van der Waals surface area contributed by atoms with Crippen molar-refractivity contribution in [2.24, 2.45) is 11.8 Å². The largest absolute Gasteiger partial charge is 0.481 e. The number of halogens is 2. The van der Waals surface area contributed by atoms with E-state index < -0.39 is 47.5 Å². The quantitative estimate of drug-likeness (QED) is 0.496. The number of methoxy groups -OCH3 is 2. The summed E-state index contributed by atoms with van der Waals surface area (Å²) in [6, 6.07) is 13.0. The molecule has 36 heavy (non-hydrogen) atoms. The van der Waals surface area contributed by atoms with E-state index in [9.17, 15) is 19.2 Å².